The molecule has 0 fully saturated rings. The highest BCUT2D eigenvalue weighted by molar-refractivity contribution is 7.90. The normalized spacial score (nSPS) is 12.2. The molecule has 35 heavy (non-hydrogen) atoms. The van der Waals surface area contributed by atoms with Crippen molar-refractivity contribution in [2.45, 2.75) is 24.3 Å². The van der Waals surface area contributed by atoms with E-state index in [0.29, 0.717) is 43.1 Å². The predicted molar refractivity (Wildman–Crippen MR) is 143 cm³/mol. The maximum Gasteiger partial charge on any atom is 0.175 e. The summed E-state index contributed by atoms with van der Waals surface area (Å²) in [4.78, 5) is 0.208. The largest absolute Gasteiger partial charge is 0.384 e. The summed E-state index contributed by atoms with van der Waals surface area (Å²) >= 11 is 26.4. The minimum Gasteiger partial charge on any atom is -0.384 e. The molecule has 5 nitrogen and oxygen atoms in total. The van der Waals surface area contributed by atoms with Crippen LogP contribution in [0, 0.1) is 0 Å². The molecule has 1 N–H and O–H groups in total. The van der Waals surface area contributed by atoms with Crippen LogP contribution in [0.1, 0.15) is 19.5 Å². The summed E-state index contributed by atoms with van der Waals surface area (Å²) in [6.45, 7) is 3.14. The second-order valence-corrected chi connectivity index (χ2v) is 12.2. The van der Waals surface area contributed by atoms with E-state index < -0.39 is 15.4 Å². The van der Waals surface area contributed by atoms with Crippen LogP contribution in [0.3, 0.4) is 0 Å². The van der Waals surface area contributed by atoms with Crippen LogP contribution in [0.4, 0.5) is 0 Å². The smallest absolute Gasteiger partial charge is 0.175 e. The van der Waals surface area contributed by atoms with Gasteiger partial charge < -0.3 is 5.11 Å². The van der Waals surface area contributed by atoms with Crippen molar-refractivity contribution in [1.82, 2.24) is 9.78 Å². The maximum absolute atomic E-state index is 12.0. The van der Waals surface area contributed by atoms with E-state index in [4.69, 9.17) is 46.4 Å². The van der Waals surface area contributed by atoms with E-state index in [-0.39, 0.29) is 15.6 Å². The standard InChI is InChI=1S/C25H20Cl4N2O3S/c1-25(2,32)24-21(29)22(31(30-24)23-18(26)8-5-9-19(23)27)17-11-10-15(13-20(17)28)14-6-4-7-16(12-14)35(3,33)34/h4-13,32H,1-3H3. The second-order valence-electron chi connectivity index (χ2n) is 8.55. The predicted octanol–water partition coefficient (Wildman–Crippen LogP) is 7.45. The molecule has 0 atom stereocenters. The summed E-state index contributed by atoms with van der Waals surface area (Å²) in [6.07, 6.45) is 1.16. The minimum absolute atomic E-state index is 0.196. The van der Waals surface area contributed by atoms with E-state index in [2.05, 4.69) is 5.10 Å². The van der Waals surface area contributed by atoms with E-state index in [0.717, 1.165) is 6.26 Å². The summed E-state index contributed by atoms with van der Waals surface area (Å²) in [7, 11) is -3.37. The number of nitrogens with zero attached hydrogens (tertiary/aromatic N) is 2. The van der Waals surface area contributed by atoms with Crippen molar-refractivity contribution in [2.24, 2.45) is 0 Å². The van der Waals surface area contributed by atoms with Crippen LogP contribution in [0.5, 0.6) is 0 Å². The Bertz CT molecular complexity index is 1540. The number of rotatable bonds is 5. The molecule has 0 aliphatic heterocycles. The highest BCUT2D eigenvalue weighted by atomic mass is 35.5. The van der Waals surface area contributed by atoms with Gasteiger partial charge in [0.15, 0.2) is 9.84 Å². The Morgan fingerprint density at radius 3 is 2.03 bits per heavy atom. The van der Waals surface area contributed by atoms with Crippen LogP contribution in [-0.4, -0.2) is 29.6 Å². The summed E-state index contributed by atoms with van der Waals surface area (Å²) in [5.41, 5.74) is 1.59. The molecule has 3 aromatic carbocycles. The Hall–Kier alpha value is -2.06. The lowest BCUT2D eigenvalue weighted by Gasteiger charge is -2.14. The molecule has 0 saturated heterocycles. The molecule has 0 unspecified atom stereocenters. The van der Waals surface area contributed by atoms with Crippen molar-refractivity contribution in [3.8, 4) is 28.1 Å². The van der Waals surface area contributed by atoms with E-state index in [1.807, 2.05) is 0 Å². The number of hydrogen-bond donors (Lipinski definition) is 1. The van der Waals surface area contributed by atoms with Gasteiger partial charge in [-0.25, -0.2) is 13.1 Å². The van der Waals surface area contributed by atoms with Crippen LogP contribution in [0.2, 0.25) is 20.1 Å². The van der Waals surface area contributed by atoms with E-state index >= 15 is 0 Å². The fourth-order valence-corrected chi connectivity index (χ4v) is 5.61. The molecular formula is C25H20Cl4N2O3S. The molecule has 1 heterocycles. The molecule has 0 aliphatic rings. The average Bonchev–Trinajstić information content (AvgIpc) is 3.10. The molecule has 0 bridgehead atoms. The zero-order chi connectivity index (χ0) is 25.7. The molecule has 1 aromatic heterocycles. The van der Waals surface area contributed by atoms with Crippen molar-refractivity contribution < 1.29 is 13.5 Å². The van der Waals surface area contributed by atoms with Crippen molar-refractivity contribution >= 4 is 56.2 Å². The van der Waals surface area contributed by atoms with Gasteiger partial charge in [0.05, 0.1) is 30.7 Å². The van der Waals surface area contributed by atoms with Gasteiger partial charge in [0.1, 0.15) is 17.0 Å². The molecule has 4 rings (SSSR count). The lowest BCUT2D eigenvalue weighted by atomic mass is 10.0. The van der Waals surface area contributed by atoms with Gasteiger partial charge in [-0.15, -0.1) is 0 Å². The van der Waals surface area contributed by atoms with Gasteiger partial charge in [0.25, 0.3) is 0 Å². The van der Waals surface area contributed by atoms with Crippen molar-refractivity contribution in [2.75, 3.05) is 6.26 Å². The number of sulfone groups is 1. The zero-order valence-corrected chi connectivity index (χ0v) is 22.7. The van der Waals surface area contributed by atoms with Crippen molar-refractivity contribution in [1.29, 1.82) is 0 Å². The zero-order valence-electron chi connectivity index (χ0n) is 18.9. The monoisotopic (exact) mass is 568 g/mol. The first-order valence-corrected chi connectivity index (χ1v) is 13.8. The quantitative estimate of drug-likeness (QED) is 0.271. The summed E-state index contributed by atoms with van der Waals surface area (Å²) < 4.78 is 25.4. The number of halogens is 4. The first-order chi connectivity index (χ1) is 16.3. The first-order valence-electron chi connectivity index (χ1n) is 10.3. The fraction of sp³-hybridized carbons (Fsp3) is 0.160. The Kier molecular flexibility index (Phi) is 7.01. The van der Waals surface area contributed by atoms with E-state index in [9.17, 15) is 13.5 Å². The molecule has 4 aromatic rings. The van der Waals surface area contributed by atoms with Crippen LogP contribution < -0.4 is 0 Å². The number of benzene rings is 3. The number of aliphatic hydroxyl groups is 1. The van der Waals surface area contributed by atoms with E-state index in [1.54, 1.807) is 74.5 Å². The highest BCUT2D eigenvalue weighted by Gasteiger charge is 2.30. The van der Waals surface area contributed by atoms with Crippen molar-refractivity contribution in [3.63, 3.8) is 0 Å². The van der Waals surface area contributed by atoms with Gasteiger partial charge >= 0.3 is 0 Å². The van der Waals surface area contributed by atoms with Crippen LogP contribution in [-0.2, 0) is 15.4 Å². The third kappa shape index (κ3) is 5.10. The minimum atomic E-state index is -3.37. The summed E-state index contributed by atoms with van der Waals surface area (Å²) in [6, 6.07) is 16.9. The SMILES string of the molecule is CC(C)(O)c1nn(-c2c(Cl)cccc2Cl)c(-c2ccc(-c3cccc(S(C)(=O)=O)c3)cc2Cl)c1Cl. The Morgan fingerprint density at radius 1 is 0.857 bits per heavy atom. The van der Waals surface area contributed by atoms with Gasteiger partial charge in [-0.3, -0.25) is 0 Å². The average molecular weight is 570 g/mol. The molecule has 0 amide bonds. The highest BCUT2D eigenvalue weighted by Crippen LogP contribution is 2.43. The maximum atomic E-state index is 12.0. The van der Waals surface area contributed by atoms with Crippen LogP contribution in [0.25, 0.3) is 28.1 Å². The lowest BCUT2D eigenvalue weighted by Crippen LogP contribution is -2.17. The second kappa shape index (κ2) is 9.43. The van der Waals surface area contributed by atoms with Crippen molar-refractivity contribution in [3.05, 3.63) is 86.4 Å². The number of para-hydroxylation sites is 1. The van der Waals surface area contributed by atoms with Gasteiger partial charge in [0.2, 0.25) is 0 Å². The third-order valence-corrected chi connectivity index (χ3v) is 7.77. The third-order valence-electron chi connectivity index (χ3n) is 5.38. The van der Waals surface area contributed by atoms with Crippen LogP contribution >= 0.6 is 46.4 Å². The first kappa shape index (κ1) is 26.0. The summed E-state index contributed by atoms with van der Waals surface area (Å²) in [5.74, 6) is 0. The molecule has 0 saturated carbocycles. The van der Waals surface area contributed by atoms with Crippen LogP contribution in [0.15, 0.2) is 65.6 Å². The topological polar surface area (TPSA) is 72.2 Å². The summed E-state index contributed by atoms with van der Waals surface area (Å²) in [5, 5.41) is 16.4. The fourth-order valence-electron chi connectivity index (χ4n) is 3.67. The molecule has 0 spiro atoms. The molecule has 0 aliphatic carbocycles. The van der Waals surface area contributed by atoms with Gasteiger partial charge in [0, 0.05) is 11.8 Å². The molecule has 182 valence electrons. The Labute approximate surface area is 223 Å². The molecular weight excluding hydrogens is 550 g/mol. The number of hydrogen-bond acceptors (Lipinski definition) is 4. The number of aromatic nitrogens is 2. The Balaban J connectivity index is 1.94. The molecule has 0 radical (unpaired) electrons. The van der Waals surface area contributed by atoms with Gasteiger partial charge in [-0.05, 0) is 55.3 Å². The van der Waals surface area contributed by atoms with E-state index in [1.165, 1.54) is 4.68 Å². The van der Waals surface area contributed by atoms with Gasteiger partial charge in [-0.2, -0.15) is 5.10 Å². The molecule has 10 heteroatoms. The Morgan fingerprint density at radius 2 is 1.46 bits per heavy atom. The lowest BCUT2D eigenvalue weighted by molar-refractivity contribution is 0.0735. The van der Waals surface area contributed by atoms with Gasteiger partial charge in [-0.1, -0.05) is 76.7 Å².